The smallest absolute Gasteiger partial charge is 0.143 e. The van der Waals surface area contributed by atoms with E-state index in [0.29, 0.717) is 0 Å². The molecule has 0 saturated carbocycles. The number of thiophene rings is 1. The first-order valence-electron chi connectivity index (χ1n) is 5.54. The summed E-state index contributed by atoms with van der Waals surface area (Å²) in [6.45, 7) is 2.01. The van der Waals surface area contributed by atoms with Crippen molar-refractivity contribution in [2.45, 2.75) is 6.92 Å². The molecule has 0 aliphatic rings. The van der Waals surface area contributed by atoms with Gasteiger partial charge in [0.05, 0.1) is 21.6 Å². The predicted octanol–water partition coefficient (Wildman–Crippen LogP) is 3.33. The van der Waals surface area contributed by atoms with Gasteiger partial charge in [-0.3, -0.25) is 0 Å². The molecule has 0 saturated heterocycles. The molecule has 0 amide bonds. The highest BCUT2D eigenvalue weighted by Gasteiger charge is 2.14. The summed E-state index contributed by atoms with van der Waals surface area (Å²) in [5.74, 6) is 0.518. The SMILES string of the molecule is Cc1cc(-c2nc3ccc(F)cc3n2C)c(N)s1. The van der Waals surface area contributed by atoms with E-state index in [-0.39, 0.29) is 5.82 Å². The number of hydrogen-bond donors (Lipinski definition) is 1. The number of nitrogens with zero attached hydrogens (tertiary/aromatic N) is 2. The van der Waals surface area contributed by atoms with Crippen LogP contribution in [0.5, 0.6) is 0 Å². The fraction of sp³-hybridized carbons (Fsp3) is 0.154. The van der Waals surface area contributed by atoms with Crippen LogP contribution in [0.4, 0.5) is 9.39 Å². The Balaban J connectivity index is 2.30. The maximum Gasteiger partial charge on any atom is 0.143 e. The number of aromatic nitrogens is 2. The van der Waals surface area contributed by atoms with E-state index in [1.54, 1.807) is 6.07 Å². The highest BCUT2D eigenvalue weighted by Crippen LogP contribution is 2.34. The van der Waals surface area contributed by atoms with E-state index in [2.05, 4.69) is 4.98 Å². The largest absolute Gasteiger partial charge is 0.390 e. The topological polar surface area (TPSA) is 43.8 Å². The van der Waals surface area contributed by atoms with E-state index in [0.717, 1.165) is 32.3 Å². The predicted molar refractivity (Wildman–Crippen MR) is 73.1 cm³/mol. The lowest BCUT2D eigenvalue weighted by Crippen LogP contribution is -1.94. The Morgan fingerprint density at radius 2 is 2.11 bits per heavy atom. The molecule has 0 bridgehead atoms. The fourth-order valence-corrected chi connectivity index (χ4v) is 2.89. The van der Waals surface area contributed by atoms with Crippen molar-refractivity contribution in [3.63, 3.8) is 0 Å². The number of benzene rings is 1. The van der Waals surface area contributed by atoms with Crippen LogP contribution in [0.2, 0.25) is 0 Å². The average molecular weight is 261 g/mol. The van der Waals surface area contributed by atoms with Crippen molar-refractivity contribution >= 4 is 27.4 Å². The lowest BCUT2D eigenvalue weighted by atomic mass is 10.3. The summed E-state index contributed by atoms with van der Waals surface area (Å²) >= 11 is 1.54. The van der Waals surface area contributed by atoms with Gasteiger partial charge in [0.25, 0.3) is 0 Å². The standard InChI is InChI=1S/C13H12FN3S/c1-7-5-9(12(15)18-7)13-16-10-4-3-8(14)6-11(10)17(13)2/h3-6H,15H2,1-2H3. The average Bonchev–Trinajstić information content (AvgIpc) is 2.80. The van der Waals surface area contributed by atoms with Crippen molar-refractivity contribution < 1.29 is 4.39 Å². The van der Waals surface area contributed by atoms with Crippen molar-refractivity contribution in [3.8, 4) is 11.4 Å². The quantitative estimate of drug-likeness (QED) is 0.730. The zero-order valence-corrected chi connectivity index (χ0v) is 10.9. The third-order valence-electron chi connectivity index (χ3n) is 2.97. The van der Waals surface area contributed by atoms with Gasteiger partial charge in [-0.15, -0.1) is 11.3 Å². The molecule has 3 nitrogen and oxygen atoms in total. The van der Waals surface area contributed by atoms with E-state index in [9.17, 15) is 4.39 Å². The minimum atomic E-state index is -0.258. The van der Waals surface area contributed by atoms with E-state index in [4.69, 9.17) is 5.73 Å². The molecular weight excluding hydrogens is 249 g/mol. The monoisotopic (exact) mass is 261 g/mol. The Morgan fingerprint density at radius 1 is 1.33 bits per heavy atom. The first kappa shape index (κ1) is 11.2. The van der Waals surface area contributed by atoms with Crippen molar-refractivity contribution in [1.82, 2.24) is 9.55 Å². The second-order valence-corrected chi connectivity index (χ2v) is 5.55. The molecule has 5 heteroatoms. The van der Waals surface area contributed by atoms with Gasteiger partial charge in [0.1, 0.15) is 11.6 Å². The summed E-state index contributed by atoms with van der Waals surface area (Å²) in [6.07, 6.45) is 0. The Hall–Kier alpha value is -1.88. The van der Waals surface area contributed by atoms with Crippen LogP contribution in [0.3, 0.4) is 0 Å². The first-order chi connectivity index (χ1) is 8.56. The molecule has 3 aromatic rings. The van der Waals surface area contributed by atoms with Gasteiger partial charge in [0, 0.05) is 11.9 Å². The third kappa shape index (κ3) is 1.59. The van der Waals surface area contributed by atoms with Crippen molar-refractivity contribution in [3.05, 3.63) is 35.0 Å². The number of aryl methyl sites for hydroxylation is 2. The van der Waals surface area contributed by atoms with Gasteiger partial charge in [-0.2, -0.15) is 0 Å². The maximum absolute atomic E-state index is 13.2. The highest BCUT2D eigenvalue weighted by molar-refractivity contribution is 7.16. The van der Waals surface area contributed by atoms with E-state index < -0.39 is 0 Å². The van der Waals surface area contributed by atoms with Crippen molar-refractivity contribution in [2.75, 3.05) is 5.73 Å². The van der Waals surface area contributed by atoms with Gasteiger partial charge < -0.3 is 10.3 Å². The number of hydrogen-bond acceptors (Lipinski definition) is 3. The summed E-state index contributed by atoms with van der Waals surface area (Å²) in [5, 5.41) is 0.742. The summed E-state index contributed by atoms with van der Waals surface area (Å²) in [5.41, 5.74) is 8.45. The first-order valence-corrected chi connectivity index (χ1v) is 6.36. The molecule has 18 heavy (non-hydrogen) atoms. The summed E-state index contributed by atoms with van der Waals surface area (Å²) in [7, 11) is 1.87. The lowest BCUT2D eigenvalue weighted by Gasteiger charge is -2.01. The van der Waals surface area contributed by atoms with Gasteiger partial charge in [0.2, 0.25) is 0 Å². The fourth-order valence-electron chi connectivity index (χ4n) is 2.11. The van der Waals surface area contributed by atoms with Crippen LogP contribution in [-0.2, 0) is 7.05 Å². The number of nitrogens with two attached hydrogens (primary N) is 1. The van der Waals surface area contributed by atoms with Crippen LogP contribution < -0.4 is 5.73 Å². The zero-order valence-electron chi connectivity index (χ0n) is 10.1. The molecule has 92 valence electrons. The number of nitrogen functional groups attached to an aromatic ring is 1. The van der Waals surface area contributed by atoms with Crippen LogP contribution in [0, 0.1) is 12.7 Å². The Kier molecular flexibility index (Phi) is 2.38. The van der Waals surface area contributed by atoms with Crippen LogP contribution >= 0.6 is 11.3 Å². The molecule has 2 heterocycles. The minimum Gasteiger partial charge on any atom is -0.390 e. The Bertz CT molecular complexity index is 742. The second kappa shape index (κ2) is 3.81. The molecule has 3 rings (SSSR count). The molecule has 2 N–H and O–H groups in total. The van der Waals surface area contributed by atoms with Gasteiger partial charge in [-0.25, -0.2) is 9.37 Å². The Labute approximate surface area is 108 Å². The molecule has 1 aromatic carbocycles. The van der Waals surface area contributed by atoms with Gasteiger partial charge in [-0.05, 0) is 31.2 Å². The molecule has 0 fully saturated rings. The van der Waals surface area contributed by atoms with Crippen LogP contribution in [0.15, 0.2) is 24.3 Å². The normalized spacial score (nSPS) is 11.3. The summed E-state index contributed by atoms with van der Waals surface area (Å²) in [4.78, 5) is 5.66. The molecular formula is C13H12FN3S. The molecule has 0 atom stereocenters. The van der Waals surface area contributed by atoms with Crippen LogP contribution in [0.1, 0.15) is 4.88 Å². The van der Waals surface area contributed by atoms with E-state index in [1.807, 2.05) is 24.6 Å². The van der Waals surface area contributed by atoms with Crippen molar-refractivity contribution in [1.29, 1.82) is 0 Å². The molecule has 2 aromatic heterocycles. The maximum atomic E-state index is 13.2. The second-order valence-electron chi connectivity index (χ2n) is 4.26. The third-order valence-corrected chi connectivity index (χ3v) is 3.85. The zero-order chi connectivity index (χ0) is 12.9. The van der Waals surface area contributed by atoms with Gasteiger partial charge >= 0.3 is 0 Å². The highest BCUT2D eigenvalue weighted by atomic mass is 32.1. The van der Waals surface area contributed by atoms with Gasteiger partial charge in [0.15, 0.2) is 0 Å². The molecule has 0 spiro atoms. The number of imidazole rings is 1. The molecule has 0 aliphatic carbocycles. The van der Waals surface area contributed by atoms with Crippen LogP contribution in [0.25, 0.3) is 22.4 Å². The molecule has 0 unspecified atom stereocenters. The number of fused-ring (bicyclic) bond motifs is 1. The number of rotatable bonds is 1. The number of halogens is 1. The van der Waals surface area contributed by atoms with E-state index >= 15 is 0 Å². The van der Waals surface area contributed by atoms with Crippen molar-refractivity contribution in [2.24, 2.45) is 7.05 Å². The van der Waals surface area contributed by atoms with Crippen LogP contribution in [-0.4, -0.2) is 9.55 Å². The Morgan fingerprint density at radius 3 is 2.78 bits per heavy atom. The molecule has 0 aliphatic heterocycles. The molecule has 0 radical (unpaired) electrons. The summed E-state index contributed by atoms with van der Waals surface area (Å²) in [6, 6.07) is 6.60. The van der Waals surface area contributed by atoms with Gasteiger partial charge in [-0.1, -0.05) is 0 Å². The lowest BCUT2D eigenvalue weighted by molar-refractivity contribution is 0.629. The minimum absolute atomic E-state index is 0.258. The summed E-state index contributed by atoms with van der Waals surface area (Å²) < 4.78 is 15.1. The van der Waals surface area contributed by atoms with E-state index in [1.165, 1.54) is 23.5 Å². The number of anilines is 1.